The first kappa shape index (κ1) is 15.2. The fraction of sp³-hybridized carbons (Fsp3) is 0.412. The molecule has 0 aliphatic carbocycles. The molecule has 3 heterocycles. The molecule has 1 saturated heterocycles. The molecule has 2 aromatic rings. The minimum atomic E-state index is 0.519. The molecular formula is C17H19N5O. The third-order valence-electron chi connectivity index (χ3n) is 4.11. The number of pyridine rings is 1. The van der Waals surface area contributed by atoms with Crippen LogP contribution in [-0.2, 0) is 0 Å². The number of nitriles is 1. The van der Waals surface area contributed by atoms with Gasteiger partial charge in [-0.2, -0.15) is 5.26 Å². The molecule has 2 aromatic heterocycles. The summed E-state index contributed by atoms with van der Waals surface area (Å²) in [5, 5.41) is 8.82. The highest BCUT2D eigenvalue weighted by atomic mass is 16.5. The zero-order chi connectivity index (χ0) is 16.1. The molecule has 3 rings (SSSR count). The van der Waals surface area contributed by atoms with Gasteiger partial charge in [-0.1, -0.05) is 0 Å². The highest BCUT2D eigenvalue weighted by Gasteiger charge is 2.21. The van der Waals surface area contributed by atoms with Gasteiger partial charge >= 0.3 is 0 Å². The number of nitrogens with zero attached hydrogens (tertiary/aromatic N) is 5. The van der Waals surface area contributed by atoms with E-state index in [2.05, 4.69) is 25.9 Å². The van der Waals surface area contributed by atoms with E-state index in [1.807, 2.05) is 19.1 Å². The number of aromatic nitrogens is 3. The zero-order valence-corrected chi connectivity index (χ0v) is 13.1. The van der Waals surface area contributed by atoms with Gasteiger partial charge in [0, 0.05) is 31.7 Å². The van der Waals surface area contributed by atoms with Crippen molar-refractivity contribution in [1.82, 2.24) is 15.0 Å². The van der Waals surface area contributed by atoms with Gasteiger partial charge in [0.15, 0.2) is 0 Å². The van der Waals surface area contributed by atoms with Gasteiger partial charge in [-0.25, -0.2) is 9.97 Å². The molecule has 6 heteroatoms. The first-order chi connectivity index (χ1) is 11.3. The van der Waals surface area contributed by atoms with Crippen LogP contribution in [-0.4, -0.2) is 34.6 Å². The van der Waals surface area contributed by atoms with Crippen molar-refractivity contribution >= 4 is 5.82 Å². The summed E-state index contributed by atoms with van der Waals surface area (Å²) in [6, 6.07) is 5.82. The van der Waals surface area contributed by atoms with E-state index in [1.54, 1.807) is 18.6 Å². The van der Waals surface area contributed by atoms with Crippen LogP contribution in [0.25, 0.3) is 0 Å². The maximum absolute atomic E-state index is 8.82. The molecule has 1 aliphatic rings. The second kappa shape index (κ2) is 7.05. The molecule has 0 atom stereocenters. The van der Waals surface area contributed by atoms with E-state index in [-0.39, 0.29) is 0 Å². The van der Waals surface area contributed by atoms with E-state index >= 15 is 0 Å². The van der Waals surface area contributed by atoms with Crippen molar-refractivity contribution in [1.29, 1.82) is 5.26 Å². The van der Waals surface area contributed by atoms with Crippen LogP contribution in [0, 0.1) is 24.2 Å². The van der Waals surface area contributed by atoms with Crippen LogP contribution in [0.3, 0.4) is 0 Å². The quantitative estimate of drug-likeness (QED) is 0.863. The molecule has 0 spiro atoms. The molecule has 0 amide bonds. The summed E-state index contributed by atoms with van der Waals surface area (Å²) in [5.41, 5.74) is 1.42. The van der Waals surface area contributed by atoms with Gasteiger partial charge in [-0.05, 0) is 37.8 Å². The number of aryl methyl sites for hydroxylation is 1. The van der Waals surface area contributed by atoms with Crippen molar-refractivity contribution in [2.24, 2.45) is 5.92 Å². The van der Waals surface area contributed by atoms with Gasteiger partial charge in [-0.15, -0.1) is 0 Å². The van der Waals surface area contributed by atoms with Crippen LogP contribution in [0.2, 0.25) is 0 Å². The van der Waals surface area contributed by atoms with Crippen molar-refractivity contribution in [3.8, 4) is 11.9 Å². The van der Waals surface area contributed by atoms with Crippen molar-refractivity contribution in [3.63, 3.8) is 0 Å². The lowest BCUT2D eigenvalue weighted by Gasteiger charge is -2.32. The topological polar surface area (TPSA) is 74.9 Å². The van der Waals surface area contributed by atoms with E-state index in [1.165, 1.54) is 0 Å². The van der Waals surface area contributed by atoms with Crippen LogP contribution < -0.4 is 9.64 Å². The number of ether oxygens (including phenoxy) is 1. The van der Waals surface area contributed by atoms with Crippen LogP contribution in [0.15, 0.2) is 30.7 Å². The van der Waals surface area contributed by atoms with Crippen LogP contribution in [0.4, 0.5) is 5.82 Å². The summed E-state index contributed by atoms with van der Waals surface area (Å²) in [6.45, 7) is 4.48. The molecule has 118 valence electrons. The zero-order valence-electron chi connectivity index (χ0n) is 13.1. The summed E-state index contributed by atoms with van der Waals surface area (Å²) < 4.78 is 5.80. The molecule has 6 nitrogen and oxygen atoms in total. The summed E-state index contributed by atoms with van der Waals surface area (Å²) >= 11 is 0. The van der Waals surface area contributed by atoms with Crippen LogP contribution in [0.1, 0.15) is 24.1 Å². The lowest BCUT2D eigenvalue weighted by Crippen LogP contribution is -2.36. The normalized spacial score (nSPS) is 15.2. The largest absolute Gasteiger partial charge is 0.476 e. The Labute approximate surface area is 135 Å². The summed E-state index contributed by atoms with van der Waals surface area (Å²) in [4.78, 5) is 15.0. The number of hydrogen-bond acceptors (Lipinski definition) is 6. The maximum Gasteiger partial charge on any atom is 0.235 e. The Bertz CT molecular complexity index is 687. The van der Waals surface area contributed by atoms with Gasteiger partial charge < -0.3 is 9.64 Å². The number of piperidine rings is 1. The molecule has 0 N–H and O–H groups in total. The van der Waals surface area contributed by atoms with Crippen LogP contribution in [0.5, 0.6) is 5.88 Å². The van der Waals surface area contributed by atoms with E-state index in [9.17, 15) is 0 Å². The lowest BCUT2D eigenvalue weighted by molar-refractivity contribution is 0.214. The Balaban J connectivity index is 1.50. The third-order valence-corrected chi connectivity index (χ3v) is 4.11. The minimum absolute atomic E-state index is 0.519. The van der Waals surface area contributed by atoms with E-state index in [0.717, 1.165) is 37.4 Å². The molecule has 1 aliphatic heterocycles. The minimum Gasteiger partial charge on any atom is -0.476 e. The van der Waals surface area contributed by atoms with Crippen LogP contribution >= 0.6 is 0 Å². The van der Waals surface area contributed by atoms with Gasteiger partial charge in [0.25, 0.3) is 0 Å². The molecule has 0 saturated carbocycles. The van der Waals surface area contributed by atoms with E-state index in [4.69, 9.17) is 10.00 Å². The van der Waals surface area contributed by atoms with E-state index in [0.29, 0.717) is 24.0 Å². The lowest BCUT2D eigenvalue weighted by atomic mass is 9.98. The second-order valence-electron chi connectivity index (χ2n) is 5.71. The Morgan fingerprint density at radius 3 is 2.65 bits per heavy atom. The molecule has 0 radical (unpaired) electrons. The Kier molecular flexibility index (Phi) is 4.67. The third kappa shape index (κ3) is 3.75. The number of rotatable bonds is 4. The number of hydrogen-bond donors (Lipinski definition) is 0. The van der Waals surface area contributed by atoms with Crippen molar-refractivity contribution in [3.05, 3.63) is 42.0 Å². The Morgan fingerprint density at radius 1 is 1.22 bits per heavy atom. The monoisotopic (exact) mass is 309 g/mol. The fourth-order valence-electron chi connectivity index (χ4n) is 2.70. The first-order valence-corrected chi connectivity index (χ1v) is 7.78. The predicted molar refractivity (Wildman–Crippen MR) is 86.2 cm³/mol. The average Bonchev–Trinajstić information content (AvgIpc) is 2.62. The SMILES string of the molecule is Cc1nccnc1OCC1CCN(c2ccc(C#N)cn2)CC1. The average molecular weight is 309 g/mol. The summed E-state index contributed by atoms with van der Waals surface area (Å²) in [6.07, 6.45) is 7.07. The predicted octanol–water partition coefficient (Wildman–Crippen LogP) is 2.35. The fourth-order valence-corrected chi connectivity index (χ4v) is 2.70. The van der Waals surface area contributed by atoms with E-state index < -0.39 is 0 Å². The Hall–Kier alpha value is -2.68. The standard InChI is InChI=1S/C17H19N5O/c1-13-17(20-7-6-19-13)23-12-14-4-8-22(9-5-14)16-3-2-15(10-18)11-21-16/h2-3,6-7,11,14H,4-5,8-9,12H2,1H3. The molecule has 1 fully saturated rings. The summed E-state index contributed by atoms with van der Waals surface area (Å²) in [7, 11) is 0. The van der Waals surface area contributed by atoms with Gasteiger partial charge in [0.1, 0.15) is 11.9 Å². The van der Waals surface area contributed by atoms with Gasteiger partial charge in [0.05, 0.1) is 17.9 Å². The van der Waals surface area contributed by atoms with Crippen molar-refractivity contribution < 1.29 is 4.74 Å². The number of anilines is 1. The molecule has 0 aromatic carbocycles. The molecule has 0 bridgehead atoms. The smallest absolute Gasteiger partial charge is 0.235 e. The van der Waals surface area contributed by atoms with Crippen molar-refractivity contribution in [2.75, 3.05) is 24.6 Å². The second-order valence-corrected chi connectivity index (χ2v) is 5.71. The maximum atomic E-state index is 8.82. The molecule has 23 heavy (non-hydrogen) atoms. The highest BCUT2D eigenvalue weighted by Crippen LogP contribution is 2.23. The molecule has 0 unspecified atom stereocenters. The van der Waals surface area contributed by atoms with Crippen molar-refractivity contribution in [2.45, 2.75) is 19.8 Å². The highest BCUT2D eigenvalue weighted by molar-refractivity contribution is 5.42. The Morgan fingerprint density at radius 2 is 2.00 bits per heavy atom. The first-order valence-electron chi connectivity index (χ1n) is 7.78. The summed E-state index contributed by atoms with van der Waals surface area (Å²) in [5.74, 6) is 2.09. The molecular weight excluding hydrogens is 290 g/mol. The van der Waals surface area contributed by atoms with Gasteiger partial charge in [-0.3, -0.25) is 4.98 Å². The van der Waals surface area contributed by atoms with Gasteiger partial charge in [0.2, 0.25) is 5.88 Å².